The maximum absolute atomic E-state index is 12.8. The van der Waals surface area contributed by atoms with Gasteiger partial charge in [0.1, 0.15) is 0 Å². The van der Waals surface area contributed by atoms with Crippen LogP contribution >= 0.6 is 11.6 Å². The Bertz CT molecular complexity index is 701. The van der Waals surface area contributed by atoms with E-state index in [1.165, 1.54) is 0 Å². The fourth-order valence-corrected chi connectivity index (χ4v) is 3.85. The third kappa shape index (κ3) is 3.13. The van der Waals surface area contributed by atoms with E-state index >= 15 is 0 Å². The summed E-state index contributed by atoms with van der Waals surface area (Å²) in [6, 6.07) is 9.47. The molecule has 0 N–H and O–H groups in total. The molecule has 122 valence electrons. The van der Waals surface area contributed by atoms with Crippen LogP contribution in [0.4, 0.5) is 0 Å². The molecular weight excluding hydrogens is 312 g/mol. The largest absolute Gasteiger partial charge is 0.355 e. The number of carbonyl (C=O) groups excluding carboxylic acids is 1. The van der Waals surface area contributed by atoms with E-state index in [4.69, 9.17) is 16.1 Å². The number of likely N-dealkylation sites (tertiary alicyclic amines) is 1. The average molecular weight is 333 g/mol. The number of hydrogen-bond donors (Lipinski definition) is 0. The van der Waals surface area contributed by atoms with Gasteiger partial charge in [-0.3, -0.25) is 4.79 Å². The first-order valence-electron chi connectivity index (χ1n) is 8.01. The zero-order valence-corrected chi connectivity index (χ0v) is 14.4. The van der Waals surface area contributed by atoms with Gasteiger partial charge in [-0.2, -0.15) is 0 Å². The van der Waals surface area contributed by atoms with Gasteiger partial charge in [0.25, 0.3) is 5.91 Å². The van der Waals surface area contributed by atoms with Crippen molar-refractivity contribution < 1.29 is 9.32 Å². The van der Waals surface area contributed by atoms with Crippen molar-refractivity contribution in [3.63, 3.8) is 0 Å². The number of rotatable bonds is 2. The van der Waals surface area contributed by atoms with E-state index in [1.54, 1.807) is 12.1 Å². The number of benzene rings is 1. The van der Waals surface area contributed by atoms with Crippen LogP contribution in [0.25, 0.3) is 11.3 Å². The summed E-state index contributed by atoms with van der Waals surface area (Å²) in [6.45, 7) is 6.43. The molecule has 3 rings (SSSR count). The Balaban J connectivity index is 1.85. The van der Waals surface area contributed by atoms with Gasteiger partial charge in [0.15, 0.2) is 11.5 Å². The van der Waals surface area contributed by atoms with Gasteiger partial charge in [0.2, 0.25) is 0 Å². The summed E-state index contributed by atoms with van der Waals surface area (Å²) < 4.78 is 5.35. The fraction of sp³-hybridized carbons (Fsp3) is 0.444. The Labute approximate surface area is 141 Å². The highest BCUT2D eigenvalue weighted by atomic mass is 35.5. The smallest absolute Gasteiger partial charge is 0.276 e. The summed E-state index contributed by atoms with van der Waals surface area (Å²) >= 11 is 6.18. The molecule has 0 radical (unpaired) electrons. The lowest BCUT2D eigenvalue weighted by Crippen LogP contribution is -2.49. The molecule has 2 aromatic rings. The summed E-state index contributed by atoms with van der Waals surface area (Å²) in [4.78, 5) is 14.8. The second kappa shape index (κ2) is 6.36. The van der Waals surface area contributed by atoms with E-state index in [-0.39, 0.29) is 18.0 Å². The molecule has 1 aliphatic rings. The SMILES string of the molecule is CC1C[C@H](C)N(C(=O)c2cc(-c3ccccc3Cl)on2)[C@@H](C)C1. The van der Waals surface area contributed by atoms with E-state index in [0.717, 1.165) is 18.4 Å². The quantitative estimate of drug-likeness (QED) is 0.804. The van der Waals surface area contributed by atoms with Gasteiger partial charge in [0, 0.05) is 23.7 Å². The van der Waals surface area contributed by atoms with E-state index in [2.05, 4.69) is 25.9 Å². The van der Waals surface area contributed by atoms with Crippen LogP contribution in [0.3, 0.4) is 0 Å². The number of aromatic nitrogens is 1. The molecule has 4 nitrogen and oxygen atoms in total. The molecule has 0 unspecified atom stereocenters. The monoisotopic (exact) mass is 332 g/mol. The summed E-state index contributed by atoms with van der Waals surface area (Å²) in [7, 11) is 0. The number of halogens is 1. The minimum Gasteiger partial charge on any atom is -0.355 e. The standard InChI is InChI=1S/C18H21ClN2O2/c1-11-8-12(2)21(13(3)9-11)18(22)16-10-17(23-20-16)14-6-4-5-7-15(14)19/h4-7,10-13H,8-9H2,1-3H3/t12-,13-/m0/s1. The fourth-order valence-electron chi connectivity index (χ4n) is 3.62. The van der Waals surface area contributed by atoms with Gasteiger partial charge < -0.3 is 9.42 Å². The summed E-state index contributed by atoms with van der Waals surface area (Å²) in [5, 5.41) is 4.55. The lowest BCUT2D eigenvalue weighted by molar-refractivity contribution is 0.0424. The van der Waals surface area contributed by atoms with Crippen molar-refractivity contribution in [2.75, 3.05) is 0 Å². The van der Waals surface area contributed by atoms with Gasteiger partial charge in [-0.15, -0.1) is 0 Å². The zero-order valence-electron chi connectivity index (χ0n) is 13.6. The van der Waals surface area contributed by atoms with Gasteiger partial charge >= 0.3 is 0 Å². The number of hydrogen-bond acceptors (Lipinski definition) is 3. The molecule has 1 aromatic heterocycles. The number of carbonyl (C=O) groups is 1. The van der Waals surface area contributed by atoms with Crippen molar-refractivity contribution in [2.45, 2.75) is 45.7 Å². The van der Waals surface area contributed by atoms with Crippen molar-refractivity contribution in [1.29, 1.82) is 0 Å². The van der Waals surface area contributed by atoms with E-state index < -0.39 is 0 Å². The molecule has 0 spiro atoms. The normalized spacial score (nSPS) is 24.7. The Kier molecular flexibility index (Phi) is 4.44. The molecule has 1 aliphatic heterocycles. The summed E-state index contributed by atoms with van der Waals surface area (Å²) in [6.07, 6.45) is 2.04. The Morgan fingerprint density at radius 2 is 1.87 bits per heavy atom. The second-order valence-electron chi connectivity index (χ2n) is 6.54. The van der Waals surface area contributed by atoms with Gasteiger partial charge in [-0.05, 0) is 44.7 Å². The molecule has 5 heteroatoms. The lowest BCUT2D eigenvalue weighted by Gasteiger charge is -2.41. The first-order valence-corrected chi connectivity index (χ1v) is 8.39. The van der Waals surface area contributed by atoms with Crippen molar-refractivity contribution in [2.24, 2.45) is 5.92 Å². The van der Waals surface area contributed by atoms with Crippen LogP contribution in [0.2, 0.25) is 5.02 Å². The van der Waals surface area contributed by atoms with E-state index in [1.807, 2.05) is 23.1 Å². The third-order valence-corrected chi connectivity index (χ3v) is 4.87. The highest BCUT2D eigenvalue weighted by Crippen LogP contribution is 2.31. The Morgan fingerprint density at radius 1 is 1.22 bits per heavy atom. The molecule has 0 bridgehead atoms. The number of nitrogens with zero attached hydrogens (tertiary/aromatic N) is 2. The van der Waals surface area contributed by atoms with Crippen LogP contribution in [0.15, 0.2) is 34.9 Å². The third-order valence-electron chi connectivity index (χ3n) is 4.54. The predicted octanol–water partition coefficient (Wildman–Crippen LogP) is 4.64. The molecule has 23 heavy (non-hydrogen) atoms. The highest BCUT2D eigenvalue weighted by Gasteiger charge is 2.34. The van der Waals surface area contributed by atoms with Crippen molar-refractivity contribution in [3.05, 3.63) is 41.0 Å². The van der Waals surface area contributed by atoms with Crippen LogP contribution in [0.5, 0.6) is 0 Å². The van der Waals surface area contributed by atoms with E-state index in [9.17, 15) is 4.79 Å². The van der Waals surface area contributed by atoms with Crippen molar-refractivity contribution >= 4 is 17.5 Å². The Morgan fingerprint density at radius 3 is 2.52 bits per heavy atom. The summed E-state index contributed by atoms with van der Waals surface area (Å²) in [5.41, 5.74) is 1.09. The zero-order chi connectivity index (χ0) is 16.6. The first-order chi connectivity index (χ1) is 11.0. The lowest BCUT2D eigenvalue weighted by atomic mass is 9.88. The average Bonchev–Trinajstić information content (AvgIpc) is 2.96. The van der Waals surface area contributed by atoms with Crippen LogP contribution in [0.1, 0.15) is 44.1 Å². The topological polar surface area (TPSA) is 46.3 Å². The molecule has 0 aliphatic carbocycles. The molecule has 1 saturated heterocycles. The Hall–Kier alpha value is -1.81. The molecule has 1 fully saturated rings. The van der Waals surface area contributed by atoms with Gasteiger partial charge in [0.05, 0.1) is 5.02 Å². The van der Waals surface area contributed by atoms with Crippen molar-refractivity contribution in [1.82, 2.24) is 10.1 Å². The maximum atomic E-state index is 12.8. The van der Waals surface area contributed by atoms with Gasteiger partial charge in [-0.25, -0.2) is 0 Å². The van der Waals surface area contributed by atoms with Crippen LogP contribution in [-0.4, -0.2) is 28.0 Å². The van der Waals surface area contributed by atoms with Crippen molar-refractivity contribution in [3.8, 4) is 11.3 Å². The second-order valence-corrected chi connectivity index (χ2v) is 6.95. The van der Waals surface area contributed by atoms with E-state index in [0.29, 0.717) is 22.4 Å². The molecular formula is C18H21ClN2O2. The molecule has 0 saturated carbocycles. The summed E-state index contributed by atoms with van der Waals surface area (Å²) in [5.74, 6) is 1.09. The maximum Gasteiger partial charge on any atom is 0.276 e. The van der Waals surface area contributed by atoms with Crippen LogP contribution < -0.4 is 0 Å². The minimum atomic E-state index is -0.0704. The number of piperidine rings is 1. The van der Waals surface area contributed by atoms with Crippen LogP contribution in [0, 0.1) is 5.92 Å². The van der Waals surface area contributed by atoms with Gasteiger partial charge in [-0.1, -0.05) is 35.8 Å². The predicted molar refractivity (Wildman–Crippen MR) is 90.4 cm³/mol. The molecule has 1 amide bonds. The number of amides is 1. The van der Waals surface area contributed by atoms with Crippen LogP contribution in [-0.2, 0) is 0 Å². The molecule has 2 atom stereocenters. The molecule has 1 aromatic carbocycles. The molecule has 2 heterocycles. The minimum absolute atomic E-state index is 0.0704. The first kappa shape index (κ1) is 16.1. The highest BCUT2D eigenvalue weighted by molar-refractivity contribution is 6.33.